The van der Waals surface area contributed by atoms with E-state index in [1.54, 1.807) is 0 Å². The molecule has 0 spiro atoms. The first-order valence-electron chi connectivity index (χ1n) is 8.82. The van der Waals surface area contributed by atoms with E-state index in [0.717, 1.165) is 37.7 Å². The summed E-state index contributed by atoms with van der Waals surface area (Å²) in [6, 6.07) is 18.9. The van der Waals surface area contributed by atoms with Crippen LogP contribution in [0.25, 0.3) is 0 Å². The lowest BCUT2D eigenvalue weighted by molar-refractivity contribution is 0.0861. The van der Waals surface area contributed by atoms with Gasteiger partial charge in [-0.3, -0.25) is 4.90 Å². The Morgan fingerprint density at radius 1 is 0.885 bits per heavy atom. The second-order valence-electron chi connectivity index (χ2n) is 7.54. The van der Waals surface area contributed by atoms with Crippen molar-refractivity contribution < 1.29 is 4.74 Å². The van der Waals surface area contributed by atoms with Crippen molar-refractivity contribution in [2.24, 2.45) is 5.41 Å². The number of para-hydroxylation sites is 1. The Labute approximate surface area is 169 Å². The number of nitrogens with one attached hydrogen (secondary N) is 1. The normalized spacial score (nSPS) is 16.1. The Morgan fingerprint density at radius 3 is 2.12 bits per heavy atom. The topological polar surface area (TPSA) is 24.5 Å². The van der Waals surface area contributed by atoms with Crippen molar-refractivity contribution in [3.05, 3.63) is 60.2 Å². The predicted molar refractivity (Wildman–Crippen MR) is 114 cm³/mol. The lowest BCUT2D eigenvalue weighted by atomic mass is 9.81. The maximum Gasteiger partial charge on any atom is 0.127 e. The molecular formula is C21H30Cl2N2O. The molecule has 1 aliphatic rings. The van der Waals surface area contributed by atoms with Crippen LogP contribution in [-0.4, -0.2) is 31.1 Å². The fourth-order valence-corrected chi connectivity index (χ4v) is 3.57. The van der Waals surface area contributed by atoms with Crippen LogP contribution in [0.5, 0.6) is 11.5 Å². The van der Waals surface area contributed by atoms with E-state index in [-0.39, 0.29) is 30.2 Å². The van der Waals surface area contributed by atoms with Crippen molar-refractivity contribution in [3.8, 4) is 11.5 Å². The third kappa shape index (κ3) is 5.88. The van der Waals surface area contributed by atoms with Gasteiger partial charge in [0.1, 0.15) is 11.5 Å². The molecule has 0 unspecified atom stereocenters. The highest BCUT2D eigenvalue weighted by Crippen LogP contribution is 2.39. The number of hydrogen-bond acceptors (Lipinski definition) is 3. The lowest BCUT2D eigenvalue weighted by Crippen LogP contribution is -2.48. The summed E-state index contributed by atoms with van der Waals surface area (Å²) in [5, 5.41) is 3.45. The molecule has 1 fully saturated rings. The molecule has 0 amide bonds. The summed E-state index contributed by atoms with van der Waals surface area (Å²) in [5.74, 6) is 1.78. The van der Waals surface area contributed by atoms with E-state index in [0.29, 0.717) is 6.04 Å². The zero-order chi connectivity index (χ0) is 17.0. The van der Waals surface area contributed by atoms with Gasteiger partial charge in [-0.05, 0) is 35.2 Å². The summed E-state index contributed by atoms with van der Waals surface area (Å²) in [6.07, 6.45) is 0. The van der Waals surface area contributed by atoms with E-state index in [4.69, 9.17) is 4.74 Å². The second kappa shape index (κ2) is 10.2. The summed E-state index contributed by atoms with van der Waals surface area (Å²) in [7, 11) is 0. The molecule has 0 bridgehead atoms. The zero-order valence-corrected chi connectivity index (χ0v) is 17.4. The smallest absolute Gasteiger partial charge is 0.127 e. The molecule has 1 saturated heterocycles. The van der Waals surface area contributed by atoms with Gasteiger partial charge >= 0.3 is 0 Å². The maximum atomic E-state index is 6.04. The van der Waals surface area contributed by atoms with Gasteiger partial charge in [0.05, 0.1) is 0 Å². The standard InChI is InChI=1S/C21H28N2O.2ClH/c1-21(2,3)20(23-14-12-22-13-15-23)17-8-7-11-19(16-17)24-18-9-5-4-6-10-18;;/h4-11,16,20,22H,12-15H2,1-3H3;2*1H/t20-;;/m0../s1. The molecule has 5 heteroatoms. The van der Waals surface area contributed by atoms with Gasteiger partial charge in [0.2, 0.25) is 0 Å². The highest BCUT2D eigenvalue weighted by Gasteiger charge is 2.32. The Balaban J connectivity index is 0.00000169. The molecule has 1 N–H and O–H groups in total. The fraction of sp³-hybridized carbons (Fsp3) is 0.429. The van der Waals surface area contributed by atoms with Crippen molar-refractivity contribution >= 4 is 24.8 Å². The van der Waals surface area contributed by atoms with E-state index in [1.165, 1.54) is 5.56 Å². The van der Waals surface area contributed by atoms with Crippen LogP contribution in [0, 0.1) is 5.41 Å². The number of ether oxygens (including phenoxy) is 1. The minimum atomic E-state index is 0. The number of halogens is 2. The first-order valence-corrected chi connectivity index (χ1v) is 8.82. The minimum absolute atomic E-state index is 0. The molecule has 0 aliphatic carbocycles. The average Bonchev–Trinajstić information content (AvgIpc) is 2.56. The fourth-order valence-electron chi connectivity index (χ4n) is 3.57. The predicted octanol–water partition coefficient (Wildman–Crippen LogP) is 5.31. The summed E-state index contributed by atoms with van der Waals surface area (Å²) in [6.45, 7) is 11.3. The molecule has 1 aliphatic heterocycles. The quantitative estimate of drug-likeness (QED) is 0.756. The molecule has 1 atom stereocenters. The van der Waals surface area contributed by atoms with Crippen LogP contribution >= 0.6 is 24.8 Å². The highest BCUT2D eigenvalue weighted by molar-refractivity contribution is 5.85. The van der Waals surface area contributed by atoms with Gasteiger partial charge in [-0.1, -0.05) is 51.1 Å². The molecule has 1 heterocycles. The molecular weight excluding hydrogens is 367 g/mol. The van der Waals surface area contributed by atoms with Crippen molar-refractivity contribution in [1.82, 2.24) is 10.2 Å². The van der Waals surface area contributed by atoms with E-state index in [1.807, 2.05) is 36.4 Å². The van der Waals surface area contributed by atoms with Gasteiger partial charge in [0.15, 0.2) is 0 Å². The van der Waals surface area contributed by atoms with E-state index in [2.05, 4.69) is 49.2 Å². The summed E-state index contributed by atoms with van der Waals surface area (Å²) in [5.41, 5.74) is 1.50. The Kier molecular flexibility index (Phi) is 8.91. The first-order chi connectivity index (χ1) is 11.5. The summed E-state index contributed by atoms with van der Waals surface area (Å²) in [4.78, 5) is 2.60. The zero-order valence-electron chi connectivity index (χ0n) is 15.8. The average molecular weight is 397 g/mol. The molecule has 0 aromatic heterocycles. The molecule has 3 rings (SSSR count). The van der Waals surface area contributed by atoms with Crippen LogP contribution in [0.4, 0.5) is 0 Å². The number of benzene rings is 2. The van der Waals surface area contributed by atoms with Gasteiger partial charge in [-0.2, -0.15) is 0 Å². The highest BCUT2D eigenvalue weighted by atomic mass is 35.5. The maximum absolute atomic E-state index is 6.04. The van der Waals surface area contributed by atoms with Gasteiger partial charge < -0.3 is 10.1 Å². The third-order valence-electron chi connectivity index (χ3n) is 4.49. The Morgan fingerprint density at radius 2 is 1.50 bits per heavy atom. The van der Waals surface area contributed by atoms with Crippen LogP contribution in [0.1, 0.15) is 32.4 Å². The van der Waals surface area contributed by atoms with Crippen molar-refractivity contribution in [2.75, 3.05) is 26.2 Å². The van der Waals surface area contributed by atoms with Gasteiger partial charge in [0, 0.05) is 32.2 Å². The van der Waals surface area contributed by atoms with E-state index < -0.39 is 0 Å². The molecule has 26 heavy (non-hydrogen) atoms. The van der Waals surface area contributed by atoms with Crippen molar-refractivity contribution in [3.63, 3.8) is 0 Å². The lowest BCUT2D eigenvalue weighted by Gasteiger charge is -2.42. The van der Waals surface area contributed by atoms with E-state index >= 15 is 0 Å². The monoisotopic (exact) mass is 396 g/mol. The van der Waals surface area contributed by atoms with Crippen LogP contribution < -0.4 is 10.1 Å². The SMILES string of the molecule is CC(C)(C)[C@H](c1cccc(Oc2ccccc2)c1)N1CCNCC1.Cl.Cl. The molecule has 0 radical (unpaired) electrons. The van der Waals surface area contributed by atoms with Gasteiger partial charge in [0.25, 0.3) is 0 Å². The van der Waals surface area contributed by atoms with E-state index in [9.17, 15) is 0 Å². The molecule has 3 nitrogen and oxygen atoms in total. The summed E-state index contributed by atoms with van der Waals surface area (Å²) >= 11 is 0. The van der Waals surface area contributed by atoms with Gasteiger partial charge in [-0.15, -0.1) is 24.8 Å². The molecule has 2 aromatic rings. The first kappa shape index (κ1) is 22.8. The van der Waals surface area contributed by atoms with Crippen LogP contribution in [-0.2, 0) is 0 Å². The number of nitrogens with zero attached hydrogens (tertiary/aromatic N) is 1. The third-order valence-corrected chi connectivity index (χ3v) is 4.49. The molecule has 144 valence electrons. The van der Waals surface area contributed by atoms with Crippen LogP contribution in [0.15, 0.2) is 54.6 Å². The van der Waals surface area contributed by atoms with Crippen molar-refractivity contribution in [1.29, 1.82) is 0 Å². The number of hydrogen-bond donors (Lipinski definition) is 1. The Bertz CT molecular complexity index is 653. The molecule has 0 saturated carbocycles. The number of rotatable bonds is 4. The summed E-state index contributed by atoms with van der Waals surface area (Å²) < 4.78 is 6.04. The van der Waals surface area contributed by atoms with Crippen LogP contribution in [0.2, 0.25) is 0 Å². The second-order valence-corrected chi connectivity index (χ2v) is 7.54. The minimum Gasteiger partial charge on any atom is -0.457 e. The van der Waals surface area contributed by atoms with Gasteiger partial charge in [-0.25, -0.2) is 0 Å². The molecule has 2 aromatic carbocycles. The Hall–Kier alpha value is -1.26. The largest absolute Gasteiger partial charge is 0.457 e. The number of piperazine rings is 1. The van der Waals surface area contributed by atoms with Crippen LogP contribution in [0.3, 0.4) is 0 Å². The van der Waals surface area contributed by atoms with Crippen molar-refractivity contribution in [2.45, 2.75) is 26.8 Å².